The summed E-state index contributed by atoms with van der Waals surface area (Å²) >= 11 is 0. The van der Waals surface area contributed by atoms with E-state index >= 15 is 0 Å². The van der Waals surface area contributed by atoms with Crippen LogP contribution in [0.4, 0.5) is 0 Å². The molecule has 0 aromatic heterocycles. The zero-order valence-corrected chi connectivity index (χ0v) is 10.6. The van der Waals surface area contributed by atoms with E-state index in [9.17, 15) is 0 Å². The smallest absolute Gasteiger partial charge is 0.0622 e. The van der Waals surface area contributed by atoms with Gasteiger partial charge in [0, 0.05) is 13.7 Å². The van der Waals surface area contributed by atoms with Crippen LogP contribution in [-0.2, 0) is 9.47 Å². The first-order valence-corrected chi connectivity index (χ1v) is 5.46. The van der Waals surface area contributed by atoms with Gasteiger partial charge in [-0.1, -0.05) is 0 Å². The van der Waals surface area contributed by atoms with Crippen molar-refractivity contribution in [3.05, 3.63) is 0 Å². The summed E-state index contributed by atoms with van der Waals surface area (Å²) in [7, 11) is 1.77. The molecular formula is C12H26O2. The number of unbranched alkanes of at least 4 members (excludes halogenated alkanes) is 1. The number of methoxy groups -OCH3 is 1. The molecule has 14 heavy (non-hydrogen) atoms. The number of ether oxygens (including phenoxy) is 2. The molecule has 2 nitrogen and oxygen atoms in total. The maximum absolute atomic E-state index is 5.64. The lowest BCUT2D eigenvalue weighted by atomic mass is 10.0. The van der Waals surface area contributed by atoms with E-state index in [1.54, 1.807) is 7.11 Å². The standard InChI is InChI=1S/C12H26O2/c1-11(2,3)14-10-8-7-9-12(4,5)13-6/h7-10H2,1-6H3. The average molecular weight is 202 g/mol. The van der Waals surface area contributed by atoms with Gasteiger partial charge in [-0.3, -0.25) is 0 Å². The quantitative estimate of drug-likeness (QED) is 0.615. The van der Waals surface area contributed by atoms with Gasteiger partial charge in [-0.15, -0.1) is 0 Å². The Morgan fingerprint density at radius 3 is 1.93 bits per heavy atom. The lowest BCUT2D eigenvalue weighted by Gasteiger charge is -2.23. The Labute approximate surface area is 89.0 Å². The minimum absolute atomic E-state index is 0.00320. The van der Waals surface area contributed by atoms with Crippen LogP contribution in [0.5, 0.6) is 0 Å². The van der Waals surface area contributed by atoms with Crippen LogP contribution in [0.3, 0.4) is 0 Å². The highest BCUT2D eigenvalue weighted by molar-refractivity contribution is 4.67. The maximum Gasteiger partial charge on any atom is 0.0622 e. The minimum atomic E-state index is -0.00320. The van der Waals surface area contributed by atoms with Crippen LogP contribution < -0.4 is 0 Å². The van der Waals surface area contributed by atoms with Crippen molar-refractivity contribution in [3.63, 3.8) is 0 Å². The van der Waals surface area contributed by atoms with Gasteiger partial charge in [0.2, 0.25) is 0 Å². The van der Waals surface area contributed by atoms with Crippen molar-refractivity contribution in [2.75, 3.05) is 13.7 Å². The summed E-state index contributed by atoms with van der Waals surface area (Å²) in [6.45, 7) is 11.4. The zero-order chi connectivity index (χ0) is 11.2. The molecule has 0 heterocycles. The van der Waals surface area contributed by atoms with Crippen LogP contribution in [0.15, 0.2) is 0 Å². The van der Waals surface area contributed by atoms with Crippen molar-refractivity contribution >= 4 is 0 Å². The van der Waals surface area contributed by atoms with E-state index in [1.807, 2.05) is 0 Å². The molecule has 0 amide bonds. The third kappa shape index (κ3) is 8.52. The normalized spacial score (nSPS) is 13.3. The summed E-state index contributed by atoms with van der Waals surface area (Å²) in [5.41, 5.74) is 0.0124. The molecule has 0 aromatic carbocycles. The molecule has 0 atom stereocenters. The molecule has 0 aliphatic heterocycles. The Hall–Kier alpha value is -0.0800. The highest BCUT2D eigenvalue weighted by Gasteiger charge is 2.15. The van der Waals surface area contributed by atoms with Crippen molar-refractivity contribution in [1.29, 1.82) is 0 Å². The van der Waals surface area contributed by atoms with E-state index in [2.05, 4.69) is 34.6 Å². The summed E-state index contributed by atoms with van der Waals surface area (Å²) in [5.74, 6) is 0. The fraction of sp³-hybridized carbons (Fsp3) is 1.00. The molecule has 0 radical (unpaired) electrons. The van der Waals surface area contributed by atoms with E-state index in [0.29, 0.717) is 0 Å². The second kappa shape index (κ2) is 5.72. The summed E-state index contributed by atoms with van der Waals surface area (Å²) in [4.78, 5) is 0. The van der Waals surface area contributed by atoms with Crippen LogP contribution in [0.2, 0.25) is 0 Å². The molecule has 0 rings (SSSR count). The topological polar surface area (TPSA) is 18.5 Å². The predicted octanol–water partition coefficient (Wildman–Crippen LogP) is 3.40. The molecule has 0 fully saturated rings. The monoisotopic (exact) mass is 202 g/mol. The molecule has 2 heteroatoms. The van der Waals surface area contributed by atoms with Gasteiger partial charge < -0.3 is 9.47 Å². The molecule has 0 unspecified atom stereocenters. The number of hydrogen-bond donors (Lipinski definition) is 0. The molecule has 0 spiro atoms. The first-order chi connectivity index (χ1) is 6.27. The highest BCUT2D eigenvalue weighted by atomic mass is 16.5. The first kappa shape index (κ1) is 13.9. The van der Waals surface area contributed by atoms with E-state index in [-0.39, 0.29) is 11.2 Å². The Kier molecular flexibility index (Phi) is 5.68. The molecule has 0 aliphatic carbocycles. The van der Waals surface area contributed by atoms with Crippen LogP contribution in [-0.4, -0.2) is 24.9 Å². The van der Waals surface area contributed by atoms with Gasteiger partial charge in [0.25, 0.3) is 0 Å². The largest absolute Gasteiger partial charge is 0.379 e. The first-order valence-electron chi connectivity index (χ1n) is 5.46. The van der Waals surface area contributed by atoms with Gasteiger partial charge in [-0.2, -0.15) is 0 Å². The Balaban J connectivity index is 3.39. The highest BCUT2D eigenvalue weighted by Crippen LogP contribution is 2.17. The Morgan fingerprint density at radius 1 is 0.929 bits per heavy atom. The third-order valence-corrected chi connectivity index (χ3v) is 2.26. The van der Waals surface area contributed by atoms with Crippen molar-refractivity contribution in [1.82, 2.24) is 0 Å². The van der Waals surface area contributed by atoms with E-state index in [4.69, 9.17) is 9.47 Å². The summed E-state index contributed by atoms with van der Waals surface area (Å²) in [6, 6.07) is 0. The lowest BCUT2D eigenvalue weighted by molar-refractivity contribution is -0.0124. The molecule has 0 saturated carbocycles. The van der Waals surface area contributed by atoms with Crippen LogP contribution in [0.25, 0.3) is 0 Å². The molecule has 0 aliphatic rings. The maximum atomic E-state index is 5.64. The SMILES string of the molecule is COC(C)(C)CCCCOC(C)(C)C. The van der Waals surface area contributed by atoms with E-state index in [0.717, 1.165) is 25.9 Å². The molecule has 86 valence electrons. The van der Waals surface area contributed by atoms with Gasteiger partial charge >= 0.3 is 0 Å². The van der Waals surface area contributed by atoms with Crippen LogP contribution >= 0.6 is 0 Å². The van der Waals surface area contributed by atoms with Gasteiger partial charge in [0.05, 0.1) is 11.2 Å². The summed E-state index contributed by atoms with van der Waals surface area (Å²) < 4.78 is 11.0. The fourth-order valence-electron chi connectivity index (χ4n) is 1.13. The van der Waals surface area contributed by atoms with Crippen molar-refractivity contribution < 1.29 is 9.47 Å². The number of hydrogen-bond acceptors (Lipinski definition) is 2. The zero-order valence-electron chi connectivity index (χ0n) is 10.6. The van der Waals surface area contributed by atoms with Crippen molar-refractivity contribution in [2.24, 2.45) is 0 Å². The van der Waals surface area contributed by atoms with Crippen LogP contribution in [0.1, 0.15) is 53.9 Å². The molecule has 0 aromatic rings. The fourth-order valence-corrected chi connectivity index (χ4v) is 1.13. The lowest BCUT2D eigenvalue weighted by Crippen LogP contribution is -2.23. The van der Waals surface area contributed by atoms with Gasteiger partial charge in [0.1, 0.15) is 0 Å². The second-order valence-corrected chi connectivity index (χ2v) is 5.38. The molecule has 0 N–H and O–H groups in total. The molecule has 0 saturated heterocycles. The second-order valence-electron chi connectivity index (χ2n) is 5.38. The predicted molar refractivity (Wildman–Crippen MR) is 60.6 cm³/mol. The third-order valence-electron chi connectivity index (χ3n) is 2.26. The van der Waals surface area contributed by atoms with Crippen LogP contribution in [0, 0.1) is 0 Å². The molecular weight excluding hydrogens is 176 g/mol. The number of rotatable bonds is 6. The average Bonchev–Trinajstić information content (AvgIpc) is 2.01. The van der Waals surface area contributed by atoms with Gasteiger partial charge in [0.15, 0.2) is 0 Å². The van der Waals surface area contributed by atoms with E-state index in [1.165, 1.54) is 0 Å². The summed E-state index contributed by atoms with van der Waals surface area (Å²) in [5, 5.41) is 0. The minimum Gasteiger partial charge on any atom is -0.379 e. The Bertz CT molecular complexity index is 145. The van der Waals surface area contributed by atoms with Gasteiger partial charge in [-0.05, 0) is 53.9 Å². The summed E-state index contributed by atoms with van der Waals surface area (Å²) in [6.07, 6.45) is 3.37. The Morgan fingerprint density at radius 2 is 1.50 bits per heavy atom. The van der Waals surface area contributed by atoms with Gasteiger partial charge in [-0.25, -0.2) is 0 Å². The van der Waals surface area contributed by atoms with Crippen molar-refractivity contribution in [2.45, 2.75) is 65.1 Å². The molecule has 0 bridgehead atoms. The van der Waals surface area contributed by atoms with Crippen molar-refractivity contribution in [3.8, 4) is 0 Å². The van der Waals surface area contributed by atoms with E-state index < -0.39 is 0 Å².